The number of hydrogen-bond acceptors (Lipinski definition) is 3. The second kappa shape index (κ2) is 8.01. The van der Waals surface area contributed by atoms with Crippen LogP contribution in [-0.4, -0.2) is 35.4 Å². The number of nitrogens with one attached hydrogen (secondary N) is 1. The van der Waals surface area contributed by atoms with E-state index in [0.29, 0.717) is 11.5 Å². The number of nitrogens with zero attached hydrogens (tertiary/aromatic N) is 2. The van der Waals surface area contributed by atoms with Crippen molar-refractivity contribution in [2.75, 3.05) is 18.9 Å². The lowest BCUT2D eigenvalue weighted by Gasteiger charge is -2.32. The Labute approximate surface area is 129 Å². The average Bonchev–Trinajstić information content (AvgIpc) is 2.46. The predicted molar refractivity (Wildman–Crippen MR) is 88.8 cm³/mol. The summed E-state index contributed by atoms with van der Waals surface area (Å²) >= 11 is 0. The van der Waals surface area contributed by atoms with Gasteiger partial charge in [-0.1, -0.05) is 27.7 Å². The quantitative estimate of drug-likeness (QED) is 0.832. The number of rotatable bonds is 7. The van der Waals surface area contributed by atoms with Crippen LogP contribution in [0.25, 0.3) is 0 Å². The van der Waals surface area contributed by atoms with Crippen molar-refractivity contribution in [3.05, 3.63) is 23.5 Å². The maximum atomic E-state index is 13.0. The van der Waals surface area contributed by atoms with Gasteiger partial charge in [0.1, 0.15) is 0 Å². The molecule has 1 heterocycles. The first kappa shape index (κ1) is 17.5. The van der Waals surface area contributed by atoms with Gasteiger partial charge in [0.15, 0.2) is 0 Å². The van der Waals surface area contributed by atoms with Gasteiger partial charge in [-0.25, -0.2) is 0 Å². The van der Waals surface area contributed by atoms with Crippen molar-refractivity contribution >= 4 is 11.6 Å². The minimum Gasteiger partial charge on any atom is -0.387 e. The molecule has 0 aromatic carbocycles. The predicted octanol–water partition coefficient (Wildman–Crippen LogP) is 3.72. The molecule has 0 spiro atoms. The van der Waals surface area contributed by atoms with E-state index < -0.39 is 0 Å². The largest absolute Gasteiger partial charge is 0.387 e. The number of amides is 1. The zero-order valence-electron chi connectivity index (χ0n) is 14.2. The van der Waals surface area contributed by atoms with E-state index in [0.717, 1.165) is 30.8 Å². The van der Waals surface area contributed by atoms with Gasteiger partial charge >= 0.3 is 0 Å². The molecule has 0 atom stereocenters. The zero-order chi connectivity index (χ0) is 16.0. The van der Waals surface area contributed by atoms with Gasteiger partial charge in [-0.15, -0.1) is 0 Å². The molecule has 1 rings (SSSR count). The Kier molecular flexibility index (Phi) is 6.66. The lowest BCUT2D eigenvalue weighted by atomic mass is 10.0. The summed E-state index contributed by atoms with van der Waals surface area (Å²) in [5.74, 6) is 0.528. The van der Waals surface area contributed by atoms with Gasteiger partial charge in [0.05, 0.1) is 11.3 Å². The van der Waals surface area contributed by atoms with Gasteiger partial charge in [-0.05, 0) is 31.7 Å². The number of aromatic nitrogens is 1. The SMILES string of the molecule is CCC(CC)N(CC(C)C)C(=O)c1cnc(C)cc1NC. The first-order valence-electron chi connectivity index (χ1n) is 7.89. The molecule has 0 aliphatic rings. The van der Waals surface area contributed by atoms with Crippen molar-refractivity contribution in [3.8, 4) is 0 Å². The molecule has 1 amide bonds. The maximum Gasteiger partial charge on any atom is 0.257 e. The first-order valence-corrected chi connectivity index (χ1v) is 7.89. The minimum absolute atomic E-state index is 0.0780. The number of aryl methyl sites for hydroxylation is 1. The normalized spacial score (nSPS) is 11.0. The van der Waals surface area contributed by atoms with Gasteiger partial charge in [-0.3, -0.25) is 9.78 Å². The smallest absolute Gasteiger partial charge is 0.257 e. The van der Waals surface area contributed by atoms with Crippen LogP contribution in [0.15, 0.2) is 12.3 Å². The van der Waals surface area contributed by atoms with Crippen LogP contribution in [0.1, 0.15) is 56.6 Å². The molecule has 0 saturated heterocycles. The lowest BCUT2D eigenvalue weighted by molar-refractivity contribution is 0.0641. The molecule has 1 aromatic rings. The summed E-state index contributed by atoms with van der Waals surface area (Å²) in [4.78, 5) is 19.3. The fourth-order valence-electron chi connectivity index (χ4n) is 2.61. The van der Waals surface area contributed by atoms with Crippen LogP contribution in [0.5, 0.6) is 0 Å². The van der Waals surface area contributed by atoms with E-state index in [2.05, 4.69) is 38.0 Å². The van der Waals surface area contributed by atoms with Crippen LogP contribution >= 0.6 is 0 Å². The van der Waals surface area contributed by atoms with Crippen LogP contribution in [0.2, 0.25) is 0 Å². The van der Waals surface area contributed by atoms with Crippen LogP contribution in [0.3, 0.4) is 0 Å². The Morgan fingerprint density at radius 3 is 2.43 bits per heavy atom. The summed E-state index contributed by atoms with van der Waals surface area (Å²) in [5, 5.41) is 3.11. The van der Waals surface area contributed by atoms with Gasteiger partial charge in [0, 0.05) is 31.5 Å². The molecule has 1 aromatic heterocycles. The molecular formula is C17H29N3O. The van der Waals surface area contributed by atoms with Crippen LogP contribution in [-0.2, 0) is 0 Å². The number of anilines is 1. The van der Waals surface area contributed by atoms with Crippen molar-refractivity contribution in [2.24, 2.45) is 5.92 Å². The summed E-state index contributed by atoms with van der Waals surface area (Å²) in [6.07, 6.45) is 3.64. The van der Waals surface area contributed by atoms with Crippen LogP contribution < -0.4 is 5.32 Å². The third kappa shape index (κ3) is 4.45. The van der Waals surface area contributed by atoms with E-state index in [9.17, 15) is 4.79 Å². The molecule has 118 valence electrons. The number of hydrogen-bond donors (Lipinski definition) is 1. The molecule has 21 heavy (non-hydrogen) atoms. The lowest BCUT2D eigenvalue weighted by Crippen LogP contribution is -2.42. The highest BCUT2D eigenvalue weighted by Crippen LogP contribution is 2.21. The fraction of sp³-hybridized carbons (Fsp3) is 0.647. The van der Waals surface area contributed by atoms with E-state index in [-0.39, 0.29) is 11.9 Å². The molecule has 0 unspecified atom stereocenters. The highest BCUT2D eigenvalue weighted by Gasteiger charge is 2.25. The summed E-state index contributed by atoms with van der Waals surface area (Å²) in [7, 11) is 1.84. The first-order chi connectivity index (χ1) is 9.94. The standard InChI is InChI=1S/C17H29N3O/c1-7-14(8-2)20(11-12(3)4)17(21)15-10-19-13(5)9-16(15)18-6/h9-10,12,14H,7-8,11H2,1-6H3,(H,18,19). The number of carbonyl (C=O) groups excluding carboxylic acids is 1. The monoisotopic (exact) mass is 291 g/mol. The molecule has 0 aliphatic heterocycles. The molecule has 4 heteroatoms. The second-order valence-corrected chi connectivity index (χ2v) is 5.94. The van der Waals surface area contributed by atoms with E-state index >= 15 is 0 Å². The topological polar surface area (TPSA) is 45.2 Å². The van der Waals surface area contributed by atoms with Crippen LogP contribution in [0.4, 0.5) is 5.69 Å². The van der Waals surface area contributed by atoms with Crippen molar-refractivity contribution in [3.63, 3.8) is 0 Å². The van der Waals surface area contributed by atoms with Crippen LogP contribution in [0, 0.1) is 12.8 Å². The summed E-state index contributed by atoms with van der Waals surface area (Å²) in [6, 6.07) is 2.21. The molecule has 0 aliphatic carbocycles. The van der Waals surface area contributed by atoms with E-state index in [1.165, 1.54) is 0 Å². The van der Waals surface area contributed by atoms with Gasteiger partial charge in [0.25, 0.3) is 5.91 Å². The zero-order valence-corrected chi connectivity index (χ0v) is 14.2. The third-order valence-electron chi connectivity index (χ3n) is 3.75. The Bertz CT molecular complexity index is 467. The summed E-state index contributed by atoms with van der Waals surface area (Å²) in [5.41, 5.74) is 2.43. The van der Waals surface area contributed by atoms with E-state index in [4.69, 9.17) is 0 Å². The van der Waals surface area contributed by atoms with Crippen molar-refractivity contribution in [1.82, 2.24) is 9.88 Å². The number of carbonyl (C=O) groups is 1. The van der Waals surface area contributed by atoms with Crippen molar-refractivity contribution in [2.45, 2.75) is 53.5 Å². The molecular weight excluding hydrogens is 262 g/mol. The molecule has 0 fully saturated rings. The van der Waals surface area contributed by atoms with Gasteiger partial charge < -0.3 is 10.2 Å². The molecule has 1 N–H and O–H groups in total. The maximum absolute atomic E-state index is 13.0. The van der Waals surface area contributed by atoms with Crippen molar-refractivity contribution in [1.29, 1.82) is 0 Å². The summed E-state index contributed by atoms with van der Waals surface area (Å²) < 4.78 is 0. The van der Waals surface area contributed by atoms with Gasteiger partial charge in [0.2, 0.25) is 0 Å². The number of pyridine rings is 1. The average molecular weight is 291 g/mol. The second-order valence-electron chi connectivity index (χ2n) is 5.94. The van der Waals surface area contributed by atoms with Gasteiger partial charge in [-0.2, -0.15) is 0 Å². The van der Waals surface area contributed by atoms with E-state index in [1.807, 2.05) is 24.9 Å². The highest BCUT2D eigenvalue weighted by atomic mass is 16.2. The Balaban J connectivity index is 3.15. The molecule has 4 nitrogen and oxygen atoms in total. The van der Waals surface area contributed by atoms with Crippen molar-refractivity contribution < 1.29 is 4.79 Å². The molecule has 0 saturated carbocycles. The molecule has 0 radical (unpaired) electrons. The Morgan fingerprint density at radius 2 is 1.95 bits per heavy atom. The molecule has 0 bridgehead atoms. The minimum atomic E-state index is 0.0780. The van der Waals surface area contributed by atoms with E-state index in [1.54, 1.807) is 6.20 Å². The Morgan fingerprint density at radius 1 is 1.33 bits per heavy atom. The fourth-order valence-corrected chi connectivity index (χ4v) is 2.61. The Hall–Kier alpha value is -1.58. The highest BCUT2D eigenvalue weighted by molar-refractivity contribution is 5.99. The third-order valence-corrected chi connectivity index (χ3v) is 3.75. The summed E-state index contributed by atoms with van der Waals surface area (Å²) in [6.45, 7) is 11.3.